The van der Waals surface area contributed by atoms with Crippen molar-refractivity contribution in [3.8, 4) is 22.6 Å². The molecule has 2 atom stereocenters. The standard InChI is InChI=1S/C32H33FO6S/c33-31-16-23-3-1-2-22-14-26(38-18-20-10-12-40(36,37)13-11-20)8-9-27(22)28(23)15-24(31)19-39-25-6-4-21(5-7-25)29-17-30(29)32(34)35/h4-9,14-16,20,29-30H,1-3,10-13,17-19H2,(H,34,35)/t29-,30+/m1/s1. The third kappa shape index (κ3) is 5.87. The Morgan fingerprint density at radius 1 is 0.900 bits per heavy atom. The minimum absolute atomic E-state index is 0.0608. The van der Waals surface area contributed by atoms with Gasteiger partial charge in [0.1, 0.15) is 33.8 Å². The van der Waals surface area contributed by atoms with E-state index < -0.39 is 15.8 Å². The van der Waals surface area contributed by atoms with Gasteiger partial charge >= 0.3 is 5.97 Å². The Morgan fingerprint density at radius 3 is 2.30 bits per heavy atom. The summed E-state index contributed by atoms with van der Waals surface area (Å²) >= 11 is 0. The summed E-state index contributed by atoms with van der Waals surface area (Å²) in [6.45, 7) is 0.604. The van der Waals surface area contributed by atoms with Crippen molar-refractivity contribution in [2.75, 3.05) is 18.1 Å². The smallest absolute Gasteiger partial charge is 0.307 e. The van der Waals surface area contributed by atoms with Crippen molar-refractivity contribution in [2.24, 2.45) is 11.8 Å². The van der Waals surface area contributed by atoms with Crippen LogP contribution in [0.4, 0.5) is 4.39 Å². The second-order valence-corrected chi connectivity index (χ2v) is 13.6. The summed E-state index contributed by atoms with van der Waals surface area (Å²) in [6.07, 6.45) is 4.52. The zero-order chi connectivity index (χ0) is 27.9. The lowest BCUT2D eigenvalue weighted by Gasteiger charge is -2.22. The minimum Gasteiger partial charge on any atom is -0.493 e. The van der Waals surface area contributed by atoms with Crippen LogP contribution < -0.4 is 9.47 Å². The number of hydrogen-bond acceptors (Lipinski definition) is 5. The van der Waals surface area contributed by atoms with Crippen LogP contribution in [0.25, 0.3) is 11.1 Å². The highest BCUT2D eigenvalue weighted by atomic mass is 32.2. The van der Waals surface area contributed by atoms with Gasteiger partial charge in [-0.15, -0.1) is 0 Å². The molecule has 0 amide bonds. The highest BCUT2D eigenvalue weighted by Crippen LogP contribution is 2.47. The molecule has 3 aromatic rings. The first-order chi connectivity index (χ1) is 19.3. The van der Waals surface area contributed by atoms with Gasteiger partial charge in [0.2, 0.25) is 0 Å². The Morgan fingerprint density at radius 2 is 1.60 bits per heavy atom. The van der Waals surface area contributed by atoms with Crippen molar-refractivity contribution >= 4 is 15.8 Å². The molecular formula is C32H33FO6S. The topological polar surface area (TPSA) is 89.9 Å². The quantitative estimate of drug-likeness (QED) is 0.364. The number of hydrogen-bond donors (Lipinski definition) is 1. The predicted molar refractivity (Wildman–Crippen MR) is 150 cm³/mol. The number of carboxylic acid groups (broad SMARTS) is 1. The van der Waals surface area contributed by atoms with Gasteiger partial charge in [0.15, 0.2) is 0 Å². The Kier molecular flexibility index (Phi) is 7.29. The van der Waals surface area contributed by atoms with E-state index in [4.69, 9.17) is 14.6 Å². The van der Waals surface area contributed by atoms with Gasteiger partial charge in [-0.25, -0.2) is 12.8 Å². The summed E-state index contributed by atoms with van der Waals surface area (Å²) in [5.74, 6) is 0.848. The lowest BCUT2D eigenvalue weighted by atomic mass is 9.94. The van der Waals surface area contributed by atoms with Gasteiger partial charge in [-0.1, -0.05) is 18.2 Å². The van der Waals surface area contributed by atoms with Crippen LogP contribution in [-0.4, -0.2) is 37.6 Å². The summed E-state index contributed by atoms with van der Waals surface area (Å²) in [6, 6.07) is 17.0. The molecule has 40 heavy (non-hydrogen) atoms. The Hall–Kier alpha value is -3.39. The molecule has 2 fully saturated rings. The van der Waals surface area contributed by atoms with Gasteiger partial charge in [-0.05, 0) is 115 Å². The van der Waals surface area contributed by atoms with E-state index in [9.17, 15) is 13.2 Å². The van der Waals surface area contributed by atoms with Crippen molar-refractivity contribution in [2.45, 2.75) is 51.0 Å². The second-order valence-electron chi connectivity index (χ2n) is 11.3. The molecule has 0 radical (unpaired) electrons. The maximum Gasteiger partial charge on any atom is 0.307 e. The molecule has 0 spiro atoms. The van der Waals surface area contributed by atoms with Crippen LogP contribution >= 0.6 is 0 Å². The van der Waals surface area contributed by atoms with Crippen LogP contribution in [-0.2, 0) is 34.1 Å². The molecule has 1 heterocycles. The first-order valence-corrected chi connectivity index (χ1v) is 15.8. The van der Waals surface area contributed by atoms with Gasteiger partial charge in [0, 0.05) is 5.56 Å². The number of aliphatic carboxylic acids is 1. The molecule has 3 aromatic carbocycles. The number of fused-ring (bicyclic) bond motifs is 3. The Balaban J connectivity index is 1.14. The van der Waals surface area contributed by atoms with Gasteiger partial charge in [-0.3, -0.25) is 4.79 Å². The van der Waals surface area contributed by atoms with Crippen molar-refractivity contribution in [3.63, 3.8) is 0 Å². The maximum atomic E-state index is 15.1. The van der Waals surface area contributed by atoms with E-state index in [0.29, 0.717) is 37.2 Å². The fourth-order valence-corrected chi connectivity index (χ4v) is 7.54. The molecule has 1 saturated carbocycles. The van der Waals surface area contributed by atoms with Crippen molar-refractivity contribution < 1.29 is 32.2 Å². The third-order valence-electron chi connectivity index (χ3n) is 8.50. The number of carboxylic acids is 1. The molecule has 1 N–H and O–H groups in total. The number of halogens is 1. The monoisotopic (exact) mass is 564 g/mol. The van der Waals surface area contributed by atoms with Gasteiger partial charge in [0.25, 0.3) is 0 Å². The average Bonchev–Trinajstić information content (AvgIpc) is 3.76. The van der Waals surface area contributed by atoms with Crippen LogP contribution in [0.3, 0.4) is 0 Å². The van der Waals surface area contributed by atoms with Gasteiger partial charge in [0.05, 0.1) is 24.0 Å². The Labute approximate surface area is 234 Å². The van der Waals surface area contributed by atoms with Crippen LogP contribution in [0.15, 0.2) is 54.6 Å². The average molecular weight is 565 g/mol. The fourth-order valence-electron chi connectivity index (χ4n) is 5.95. The lowest BCUT2D eigenvalue weighted by molar-refractivity contribution is -0.138. The van der Waals surface area contributed by atoms with Crippen molar-refractivity contribution in [3.05, 3.63) is 82.7 Å². The summed E-state index contributed by atoms with van der Waals surface area (Å²) in [5, 5.41) is 9.16. The van der Waals surface area contributed by atoms with E-state index in [1.54, 1.807) is 6.07 Å². The third-order valence-corrected chi connectivity index (χ3v) is 10.2. The molecule has 6 rings (SSSR count). The molecule has 0 aromatic heterocycles. The summed E-state index contributed by atoms with van der Waals surface area (Å²) in [5.41, 5.74) is 5.71. The number of benzene rings is 3. The lowest BCUT2D eigenvalue weighted by Crippen LogP contribution is -2.26. The molecular weight excluding hydrogens is 531 g/mol. The molecule has 0 unspecified atom stereocenters. The van der Waals surface area contributed by atoms with E-state index in [0.717, 1.165) is 52.8 Å². The van der Waals surface area contributed by atoms with E-state index in [2.05, 4.69) is 6.07 Å². The molecule has 8 heteroatoms. The normalized spacial score (nSPS) is 21.5. The number of carbonyl (C=O) groups is 1. The molecule has 6 nitrogen and oxygen atoms in total. The van der Waals surface area contributed by atoms with Crippen LogP contribution in [0.1, 0.15) is 53.9 Å². The van der Waals surface area contributed by atoms with E-state index in [1.165, 1.54) is 0 Å². The van der Waals surface area contributed by atoms with Crippen LogP contribution in [0, 0.1) is 17.7 Å². The Bertz CT molecular complexity index is 1520. The highest BCUT2D eigenvalue weighted by molar-refractivity contribution is 7.91. The highest BCUT2D eigenvalue weighted by Gasteiger charge is 2.44. The zero-order valence-corrected chi connectivity index (χ0v) is 23.1. The zero-order valence-electron chi connectivity index (χ0n) is 22.3. The molecule has 0 bridgehead atoms. The van der Waals surface area contributed by atoms with Crippen LogP contribution in [0.2, 0.25) is 0 Å². The largest absolute Gasteiger partial charge is 0.493 e. The van der Waals surface area contributed by atoms with Crippen LogP contribution in [0.5, 0.6) is 11.5 Å². The van der Waals surface area contributed by atoms with E-state index >= 15 is 4.39 Å². The predicted octanol–water partition coefficient (Wildman–Crippen LogP) is 5.95. The fraction of sp³-hybridized carbons (Fsp3) is 0.406. The van der Waals surface area contributed by atoms with Gasteiger partial charge < -0.3 is 14.6 Å². The molecule has 3 aliphatic rings. The molecule has 2 aliphatic carbocycles. The minimum atomic E-state index is -2.89. The van der Waals surface area contributed by atoms with Gasteiger partial charge in [-0.2, -0.15) is 0 Å². The number of aryl methyl sites for hydroxylation is 2. The van der Waals surface area contributed by atoms with Crippen molar-refractivity contribution in [1.29, 1.82) is 0 Å². The summed E-state index contributed by atoms with van der Waals surface area (Å²) in [7, 11) is -2.89. The SMILES string of the molecule is O=C(O)[C@H]1C[C@@H]1c1ccc(OCc2cc3c(cc2F)CCCc2cc(OCC4CCS(=O)(=O)CC4)ccc2-3)cc1. The van der Waals surface area contributed by atoms with E-state index in [-0.39, 0.29) is 41.7 Å². The maximum absolute atomic E-state index is 15.1. The second kappa shape index (κ2) is 10.9. The molecule has 1 aliphatic heterocycles. The first-order valence-electron chi connectivity index (χ1n) is 14.0. The molecule has 1 saturated heterocycles. The summed E-state index contributed by atoms with van der Waals surface area (Å²) in [4.78, 5) is 11.1. The number of sulfone groups is 1. The van der Waals surface area contributed by atoms with Crippen molar-refractivity contribution in [1.82, 2.24) is 0 Å². The molecule has 210 valence electrons. The number of ether oxygens (including phenoxy) is 2. The first kappa shape index (κ1) is 26.8. The number of rotatable bonds is 8. The summed E-state index contributed by atoms with van der Waals surface area (Å²) < 4.78 is 50.5. The van der Waals surface area contributed by atoms with E-state index in [1.807, 2.05) is 42.5 Å².